The molecule has 3 rings (SSSR count). The Morgan fingerprint density at radius 1 is 0.974 bits per heavy atom. The minimum absolute atomic E-state index is 0.00340. The number of hydrogen-bond donors (Lipinski definition) is 1. The first-order valence-corrected chi connectivity index (χ1v) is 13.6. The Morgan fingerprint density at radius 2 is 1.64 bits per heavy atom. The summed E-state index contributed by atoms with van der Waals surface area (Å²) in [4.78, 5) is 12.4. The summed E-state index contributed by atoms with van der Waals surface area (Å²) in [6.07, 6.45) is -4.15. The molecule has 210 valence electrons. The van der Waals surface area contributed by atoms with Gasteiger partial charge in [-0.3, -0.25) is 9.69 Å². The lowest BCUT2D eigenvalue weighted by atomic mass is 10.1. The Morgan fingerprint density at radius 3 is 2.26 bits per heavy atom. The van der Waals surface area contributed by atoms with Crippen molar-refractivity contribution in [3.05, 3.63) is 94.6 Å². The first kappa shape index (κ1) is 30.0. The molecule has 12 heteroatoms. The summed E-state index contributed by atoms with van der Waals surface area (Å²) in [5.41, 5.74) is -0.0936. The number of aliphatic carboxylic acids is 1. The molecular formula is C27H26F5NO5S. The smallest absolute Gasteiger partial charge is 0.416 e. The van der Waals surface area contributed by atoms with E-state index in [0.717, 1.165) is 36.1 Å². The molecular weight excluding hydrogens is 545 g/mol. The van der Waals surface area contributed by atoms with Crippen molar-refractivity contribution in [1.29, 1.82) is 0 Å². The van der Waals surface area contributed by atoms with Gasteiger partial charge in [-0.1, -0.05) is 30.3 Å². The van der Waals surface area contributed by atoms with E-state index in [-0.39, 0.29) is 18.9 Å². The predicted molar refractivity (Wildman–Crippen MR) is 133 cm³/mol. The number of rotatable bonds is 12. The second-order valence-electron chi connectivity index (χ2n) is 8.96. The van der Waals surface area contributed by atoms with Crippen molar-refractivity contribution in [2.45, 2.75) is 37.0 Å². The fourth-order valence-electron chi connectivity index (χ4n) is 3.97. The molecule has 1 N–H and O–H groups in total. The van der Waals surface area contributed by atoms with Crippen molar-refractivity contribution >= 4 is 15.8 Å². The number of carboxylic acids is 1. The number of sulfone groups is 1. The Balaban J connectivity index is 1.73. The standard InChI is InChI=1S/C27H26F5NO5S/c1-39(36,37)25-14-22(13-24(29)23(25)15-26(34)35)38-11-3-10-33(16-18-6-8-21(28)9-7-18)17-19-4-2-5-20(12-19)27(30,31)32/h2,4-9,12-14H,3,10-11,15-17H2,1H3,(H,34,35). The molecule has 0 bridgehead atoms. The van der Waals surface area contributed by atoms with Gasteiger partial charge < -0.3 is 9.84 Å². The molecule has 0 aliphatic heterocycles. The van der Waals surface area contributed by atoms with E-state index in [9.17, 15) is 35.2 Å². The molecule has 3 aromatic carbocycles. The molecule has 0 aromatic heterocycles. The van der Waals surface area contributed by atoms with Crippen LogP contribution in [0, 0.1) is 11.6 Å². The van der Waals surface area contributed by atoms with Crippen molar-refractivity contribution in [2.75, 3.05) is 19.4 Å². The molecule has 0 saturated heterocycles. The molecule has 0 unspecified atom stereocenters. The molecule has 6 nitrogen and oxygen atoms in total. The van der Waals surface area contributed by atoms with Gasteiger partial charge in [-0.05, 0) is 41.8 Å². The van der Waals surface area contributed by atoms with Crippen LogP contribution in [0.15, 0.2) is 65.6 Å². The molecule has 39 heavy (non-hydrogen) atoms. The van der Waals surface area contributed by atoms with Crippen molar-refractivity contribution < 1.29 is 45.0 Å². The first-order valence-electron chi connectivity index (χ1n) is 11.7. The van der Waals surface area contributed by atoms with Gasteiger partial charge in [-0.15, -0.1) is 0 Å². The van der Waals surface area contributed by atoms with Crippen molar-refractivity contribution in [3.8, 4) is 5.75 Å². The Kier molecular flexibility index (Phi) is 9.68. The second kappa shape index (κ2) is 12.6. The number of carbonyl (C=O) groups is 1. The fourth-order valence-corrected chi connectivity index (χ4v) is 4.92. The lowest BCUT2D eigenvalue weighted by Gasteiger charge is -2.23. The number of benzene rings is 3. The van der Waals surface area contributed by atoms with Gasteiger partial charge in [0.1, 0.15) is 17.4 Å². The normalized spacial score (nSPS) is 12.1. The zero-order chi connectivity index (χ0) is 28.8. The van der Waals surface area contributed by atoms with Crippen molar-refractivity contribution in [1.82, 2.24) is 4.90 Å². The average molecular weight is 572 g/mol. The van der Waals surface area contributed by atoms with Crippen LogP contribution in [0.25, 0.3) is 0 Å². The quantitative estimate of drug-likeness (QED) is 0.229. The molecule has 0 spiro atoms. The van der Waals surface area contributed by atoms with Crippen LogP contribution in [-0.4, -0.2) is 43.8 Å². The molecule has 0 saturated carbocycles. The molecule has 0 radical (unpaired) electrons. The Hall–Kier alpha value is -3.51. The highest BCUT2D eigenvalue weighted by molar-refractivity contribution is 7.90. The summed E-state index contributed by atoms with van der Waals surface area (Å²) in [5, 5.41) is 8.98. The van der Waals surface area contributed by atoms with Crippen LogP contribution in [0.1, 0.15) is 28.7 Å². The topological polar surface area (TPSA) is 83.9 Å². The highest BCUT2D eigenvalue weighted by Gasteiger charge is 2.30. The number of halogens is 5. The van der Waals surface area contributed by atoms with Gasteiger partial charge in [-0.2, -0.15) is 13.2 Å². The monoisotopic (exact) mass is 571 g/mol. The highest BCUT2D eigenvalue weighted by Crippen LogP contribution is 2.30. The van der Waals surface area contributed by atoms with Gasteiger partial charge in [0.25, 0.3) is 0 Å². The zero-order valence-corrected chi connectivity index (χ0v) is 21.7. The summed E-state index contributed by atoms with van der Waals surface area (Å²) in [7, 11) is -3.95. The van der Waals surface area contributed by atoms with E-state index in [1.165, 1.54) is 18.2 Å². The molecule has 0 amide bonds. The van der Waals surface area contributed by atoms with Crippen LogP contribution in [-0.2, 0) is 40.3 Å². The van der Waals surface area contributed by atoms with Crippen LogP contribution in [0.2, 0.25) is 0 Å². The van der Waals surface area contributed by atoms with E-state index in [1.807, 2.05) is 4.90 Å². The van der Waals surface area contributed by atoms with Crippen LogP contribution in [0.5, 0.6) is 5.75 Å². The van der Waals surface area contributed by atoms with E-state index in [1.54, 1.807) is 18.2 Å². The van der Waals surface area contributed by atoms with E-state index >= 15 is 0 Å². The summed E-state index contributed by atoms with van der Waals surface area (Å²) in [5.74, 6) is -2.95. The third-order valence-electron chi connectivity index (χ3n) is 5.72. The summed E-state index contributed by atoms with van der Waals surface area (Å²) < 4.78 is 97.1. The average Bonchev–Trinajstić information content (AvgIpc) is 2.83. The van der Waals surface area contributed by atoms with Gasteiger partial charge in [0.2, 0.25) is 0 Å². The first-order chi connectivity index (χ1) is 18.2. The predicted octanol–water partition coefficient (Wildman–Crippen LogP) is 5.49. The maximum Gasteiger partial charge on any atom is 0.416 e. The molecule has 0 fully saturated rings. The number of ether oxygens (including phenoxy) is 1. The Bertz CT molecular complexity index is 1410. The Labute approximate surface area is 222 Å². The second-order valence-corrected chi connectivity index (χ2v) is 10.9. The lowest BCUT2D eigenvalue weighted by molar-refractivity contribution is -0.138. The molecule has 0 heterocycles. The van der Waals surface area contributed by atoms with Crippen molar-refractivity contribution in [3.63, 3.8) is 0 Å². The third kappa shape index (κ3) is 9.03. The molecule has 3 aromatic rings. The summed E-state index contributed by atoms with van der Waals surface area (Å²) >= 11 is 0. The zero-order valence-electron chi connectivity index (χ0n) is 20.8. The fraction of sp³-hybridized carbons (Fsp3) is 0.296. The van der Waals surface area contributed by atoms with Crippen LogP contribution >= 0.6 is 0 Å². The SMILES string of the molecule is CS(=O)(=O)c1cc(OCCCN(Cc2ccc(F)cc2)Cc2cccc(C(F)(F)F)c2)cc(F)c1CC(=O)O. The van der Waals surface area contributed by atoms with E-state index in [4.69, 9.17) is 9.84 Å². The number of nitrogens with zero attached hydrogens (tertiary/aromatic N) is 1. The minimum atomic E-state index is -4.49. The largest absolute Gasteiger partial charge is 0.493 e. The van der Waals surface area contributed by atoms with Crippen LogP contribution < -0.4 is 4.74 Å². The van der Waals surface area contributed by atoms with Gasteiger partial charge in [0.05, 0.1) is 23.5 Å². The van der Waals surface area contributed by atoms with E-state index < -0.39 is 56.1 Å². The van der Waals surface area contributed by atoms with Gasteiger partial charge >= 0.3 is 12.1 Å². The van der Waals surface area contributed by atoms with E-state index in [2.05, 4.69) is 0 Å². The van der Waals surface area contributed by atoms with Crippen LogP contribution in [0.3, 0.4) is 0 Å². The molecule has 0 aliphatic rings. The number of alkyl halides is 3. The molecule has 0 aliphatic carbocycles. The van der Waals surface area contributed by atoms with Gasteiger partial charge in [0, 0.05) is 37.5 Å². The molecule has 0 atom stereocenters. The third-order valence-corrected chi connectivity index (χ3v) is 6.89. The minimum Gasteiger partial charge on any atom is -0.493 e. The maximum atomic E-state index is 14.5. The van der Waals surface area contributed by atoms with Gasteiger partial charge in [-0.25, -0.2) is 17.2 Å². The van der Waals surface area contributed by atoms with Gasteiger partial charge in [0.15, 0.2) is 9.84 Å². The summed E-state index contributed by atoms with van der Waals surface area (Å²) in [6, 6.07) is 12.6. The number of hydrogen-bond acceptors (Lipinski definition) is 5. The van der Waals surface area contributed by atoms with Crippen molar-refractivity contribution in [2.24, 2.45) is 0 Å². The number of carboxylic acid groups (broad SMARTS) is 1. The lowest BCUT2D eigenvalue weighted by Crippen LogP contribution is -2.25. The van der Waals surface area contributed by atoms with E-state index in [0.29, 0.717) is 25.1 Å². The van der Waals surface area contributed by atoms with Crippen LogP contribution in [0.4, 0.5) is 22.0 Å². The highest BCUT2D eigenvalue weighted by atomic mass is 32.2. The summed E-state index contributed by atoms with van der Waals surface area (Å²) in [6.45, 7) is 0.779. The maximum absolute atomic E-state index is 14.5.